The lowest BCUT2D eigenvalue weighted by molar-refractivity contribution is -0.157. The quantitative estimate of drug-likeness (QED) is 0.791. The number of hydrogen-bond acceptors (Lipinski definition) is 4. The zero-order chi connectivity index (χ0) is 14.9. The molecular formula is C17H24N2O2. The largest absolute Gasteiger partial charge is 0.469 e. The minimum atomic E-state index is -0.296. The summed E-state index contributed by atoms with van der Waals surface area (Å²) < 4.78 is 5.14. The number of esters is 1. The number of piperidine rings is 1. The molecule has 0 saturated carbocycles. The van der Waals surface area contributed by atoms with Crippen LogP contribution in [0.25, 0.3) is 0 Å². The Balaban J connectivity index is 1.77. The minimum absolute atomic E-state index is 0.0174. The predicted octanol–water partition coefficient (Wildman–Crippen LogP) is 1.61. The van der Waals surface area contributed by atoms with Gasteiger partial charge in [-0.2, -0.15) is 0 Å². The molecule has 114 valence electrons. The summed E-state index contributed by atoms with van der Waals surface area (Å²) in [7, 11) is 3.66. The van der Waals surface area contributed by atoms with Crippen LogP contribution in [0.5, 0.6) is 0 Å². The van der Waals surface area contributed by atoms with Gasteiger partial charge in [0.25, 0.3) is 0 Å². The second-order valence-electron chi connectivity index (χ2n) is 6.51. The van der Waals surface area contributed by atoms with Gasteiger partial charge in [0, 0.05) is 32.1 Å². The first-order valence-electron chi connectivity index (χ1n) is 7.67. The number of methoxy groups -OCH3 is 1. The lowest BCUT2D eigenvalue weighted by Crippen LogP contribution is -2.50. The molecule has 0 amide bonds. The van der Waals surface area contributed by atoms with E-state index in [1.807, 2.05) is 6.07 Å². The van der Waals surface area contributed by atoms with Crippen LogP contribution in [0.3, 0.4) is 0 Å². The van der Waals surface area contributed by atoms with Crippen molar-refractivity contribution in [2.75, 3.05) is 40.3 Å². The van der Waals surface area contributed by atoms with Crippen molar-refractivity contribution >= 4 is 5.97 Å². The number of carbonyl (C=O) groups is 1. The van der Waals surface area contributed by atoms with Gasteiger partial charge in [0.15, 0.2) is 0 Å². The van der Waals surface area contributed by atoms with Crippen molar-refractivity contribution < 1.29 is 9.53 Å². The lowest BCUT2D eigenvalue weighted by Gasteiger charge is -2.39. The van der Waals surface area contributed by atoms with Gasteiger partial charge in [-0.25, -0.2) is 0 Å². The van der Waals surface area contributed by atoms with E-state index in [2.05, 4.69) is 41.1 Å². The fourth-order valence-corrected chi connectivity index (χ4v) is 3.95. The van der Waals surface area contributed by atoms with Gasteiger partial charge in [0.2, 0.25) is 0 Å². The number of benzene rings is 1. The number of nitrogens with zero attached hydrogens (tertiary/aromatic N) is 2. The molecule has 2 aliphatic rings. The lowest BCUT2D eigenvalue weighted by atomic mass is 9.72. The Morgan fingerprint density at radius 1 is 1.33 bits per heavy atom. The average molecular weight is 288 g/mol. The molecule has 3 rings (SSSR count). The summed E-state index contributed by atoms with van der Waals surface area (Å²) in [6.07, 6.45) is 0.909. The van der Waals surface area contributed by atoms with E-state index >= 15 is 0 Å². The van der Waals surface area contributed by atoms with E-state index in [-0.39, 0.29) is 11.4 Å². The van der Waals surface area contributed by atoms with Crippen LogP contribution in [0.4, 0.5) is 0 Å². The molecule has 2 aliphatic heterocycles. The predicted molar refractivity (Wildman–Crippen MR) is 81.8 cm³/mol. The fraction of sp³-hybridized carbons (Fsp3) is 0.588. The smallest absolute Gasteiger partial charge is 0.313 e. The zero-order valence-corrected chi connectivity index (χ0v) is 12.9. The van der Waals surface area contributed by atoms with Gasteiger partial charge in [0.05, 0.1) is 12.5 Å². The summed E-state index contributed by atoms with van der Waals surface area (Å²) in [4.78, 5) is 17.2. The van der Waals surface area contributed by atoms with Crippen molar-refractivity contribution in [2.45, 2.75) is 13.0 Å². The summed E-state index contributed by atoms with van der Waals surface area (Å²) in [5, 5.41) is 0. The molecule has 0 radical (unpaired) electrons. The van der Waals surface area contributed by atoms with Crippen molar-refractivity contribution in [3.8, 4) is 0 Å². The number of ether oxygens (including phenoxy) is 1. The molecule has 0 spiro atoms. The van der Waals surface area contributed by atoms with Crippen molar-refractivity contribution in [1.82, 2.24) is 9.80 Å². The molecule has 1 aromatic rings. The second-order valence-corrected chi connectivity index (χ2v) is 6.51. The van der Waals surface area contributed by atoms with Gasteiger partial charge in [-0.05, 0) is 25.6 Å². The monoisotopic (exact) mass is 288 g/mol. The molecule has 0 aromatic heterocycles. The van der Waals surface area contributed by atoms with Crippen LogP contribution in [0.15, 0.2) is 30.3 Å². The molecule has 1 aromatic carbocycles. The first-order chi connectivity index (χ1) is 10.1. The van der Waals surface area contributed by atoms with E-state index in [0.29, 0.717) is 5.92 Å². The normalized spacial score (nSPS) is 30.1. The van der Waals surface area contributed by atoms with E-state index in [4.69, 9.17) is 4.74 Å². The molecule has 2 atom stereocenters. The van der Waals surface area contributed by atoms with E-state index in [9.17, 15) is 4.79 Å². The highest BCUT2D eigenvalue weighted by atomic mass is 16.5. The number of hydrogen-bond donors (Lipinski definition) is 0. The van der Waals surface area contributed by atoms with Crippen molar-refractivity contribution in [2.24, 2.45) is 11.3 Å². The molecule has 21 heavy (non-hydrogen) atoms. The van der Waals surface area contributed by atoms with Crippen LogP contribution < -0.4 is 0 Å². The standard InChI is InChI=1S/C17H24N2O2/c1-18-9-8-17(16(20)21-2)13-19(12-15(17)11-18)10-14-6-4-3-5-7-14/h3-7,15H,8-13H2,1-2H3/t15-,17+/m1/s1. The summed E-state index contributed by atoms with van der Waals surface area (Å²) in [5.74, 6) is 0.364. The zero-order valence-electron chi connectivity index (χ0n) is 12.9. The van der Waals surface area contributed by atoms with Gasteiger partial charge in [-0.15, -0.1) is 0 Å². The number of likely N-dealkylation sites (tertiary alicyclic amines) is 2. The Morgan fingerprint density at radius 3 is 2.81 bits per heavy atom. The van der Waals surface area contributed by atoms with Gasteiger partial charge in [-0.3, -0.25) is 9.69 Å². The van der Waals surface area contributed by atoms with Crippen LogP contribution >= 0.6 is 0 Å². The summed E-state index contributed by atoms with van der Waals surface area (Å²) in [5.41, 5.74) is 1.01. The summed E-state index contributed by atoms with van der Waals surface area (Å²) in [6.45, 7) is 4.69. The first kappa shape index (κ1) is 14.5. The highest BCUT2D eigenvalue weighted by molar-refractivity contribution is 5.78. The maximum Gasteiger partial charge on any atom is 0.313 e. The topological polar surface area (TPSA) is 32.8 Å². The second kappa shape index (κ2) is 5.78. The highest BCUT2D eigenvalue weighted by Gasteiger charge is 2.54. The first-order valence-corrected chi connectivity index (χ1v) is 7.67. The Bertz CT molecular complexity index is 505. The Kier molecular flexibility index (Phi) is 4.00. The fourth-order valence-electron chi connectivity index (χ4n) is 3.95. The van der Waals surface area contributed by atoms with Gasteiger partial charge in [0.1, 0.15) is 0 Å². The third-order valence-corrected chi connectivity index (χ3v) is 5.08. The van der Waals surface area contributed by atoms with Crippen LogP contribution in [-0.4, -0.2) is 56.1 Å². The maximum absolute atomic E-state index is 12.4. The van der Waals surface area contributed by atoms with E-state index in [1.54, 1.807) is 0 Å². The Morgan fingerprint density at radius 2 is 2.10 bits per heavy atom. The van der Waals surface area contributed by atoms with E-state index < -0.39 is 0 Å². The maximum atomic E-state index is 12.4. The van der Waals surface area contributed by atoms with Crippen LogP contribution in [0.2, 0.25) is 0 Å². The van der Waals surface area contributed by atoms with Gasteiger partial charge < -0.3 is 9.64 Å². The minimum Gasteiger partial charge on any atom is -0.469 e. The molecule has 0 unspecified atom stereocenters. The average Bonchev–Trinajstić information content (AvgIpc) is 2.85. The molecule has 0 aliphatic carbocycles. The number of carbonyl (C=O) groups excluding carboxylic acids is 1. The Labute approximate surface area is 126 Å². The van der Waals surface area contributed by atoms with Gasteiger partial charge >= 0.3 is 5.97 Å². The third kappa shape index (κ3) is 2.70. The molecular weight excluding hydrogens is 264 g/mol. The molecule has 4 nitrogen and oxygen atoms in total. The molecule has 0 N–H and O–H groups in total. The highest BCUT2D eigenvalue weighted by Crippen LogP contribution is 2.43. The van der Waals surface area contributed by atoms with Gasteiger partial charge in [-0.1, -0.05) is 30.3 Å². The van der Waals surface area contributed by atoms with Crippen LogP contribution in [0.1, 0.15) is 12.0 Å². The van der Waals surface area contributed by atoms with E-state index in [0.717, 1.165) is 39.1 Å². The molecule has 2 saturated heterocycles. The van der Waals surface area contributed by atoms with Crippen LogP contribution in [0, 0.1) is 11.3 Å². The van der Waals surface area contributed by atoms with Crippen molar-refractivity contribution in [3.05, 3.63) is 35.9 Å². The summed E-state index contributed by atoms with van der Waals surface area (Å²) >= 11 is 0. The van der Waals surface area contributed by atoms with E-state index in [1.165, 1.54) is 12.7 Å². The van der Waals surface area contributed by atoms with Crippen molar-refractivity contribution in [1.29, 1.82) is 0 Å². The SMILES string of the molecule is COC(=O)[C@]12CCN(C)C[C@@H]1CN(Cc1ccccc1)C2. The number of fused-ring (bicyclic) bond motifs is 1. The van der Waals surface area contributed by atoms with Crippen LogP contribution in [-0.2, 0) is 16.1 Å². The third-order valence-electron chi connectivity index (χ3n) is 5.08. The summed E-state index contributed by atoms with van der Waals surface area (Å²) in [6, 6.07) is 10.5. The Hall–Kier alpha value is -1.39. The number of rotatable bonds is 3. The molecule has 4 heteroatoms. The van der Waals surface area contributed by atoms with Crippen molar-refractivity contribution in [3.63, 3.8) is 0 Å². The molecule has 0 bridgehead atoms. The molecule has 2 fully saturated rings. The molecule has 2 heterocycles.